The molecule has 0 unspecified atom stereocenters. The third-order valence-electron chi connectivity index (χ3n) is 0.322. The van der Waals surface area contributed by atoms with E-state index in [1.54, 1.807) is 7.11 Å². The van der Waals surface area contributed by atoms with Crippen LogP contribution in [0.2, 0.25) is 0 Å². The molecule has 2 heteroatoms. The lowest BCUT2D eigenvalue weighted by molar-refractivity contribution is 0.207. The van der Waals surface area contributed by atoms with Gasteiger partial charge in [-0.1, -0.05) is 7.43 Å². The highest BCUT2D eigenvalue weighted by Crippen LogP contribution is 1.53. The quantitative estimate of drug-likeness (QED) is 0.519. The number of hydrogen-bond acceptors (Lipinski definition) is 2. The smallest absolute Gasteiger partial charge is 0.0584 e. The predicted molar refractivity (Wildman–Crippen MR) is 27.3 cm³/mol. The maximum absolute atomic E-state index is 5.01. The Balaban J connectivity index is 0. The van der Waals surface area contributed by atoms with Crippen LogP contribution >= 0.6 is 0 Å². The van der Waals surface area contributed by atoms with E-state index in [-0.39, 0.29) is 7.43 Å². The molecule has 1 radical (unpaired) electrons. The molecule has 0 rings (SSSR count). The van der Waals surface area contributed by atoms with Crippen LogP contribution in [0.4, 0.5) is 0 Å². The molecule has 0 aliphatic rings. The van der Waals surface area contributed by atoms with Gasteiger partial charge >= 0.3 is 0 Å². The summed E-state index contributed by atoms with van der Waals surface area (Å²) in [6.07, 6.45) is 0. The maximum atomic E-state index is 5.01. The van der Waals surface area contributed by atoms with Gasteiger partial charge in [0.1, 0.15) is 0 Å². The molecule has 0 aliphatic heterocycles. The molecule has 6 heavy (non-hydrogen) atoms. The fraction of sp³-hybridized carbons (Fsp3) is 0.750. The van der Waals surface area contributed by atoms with Crippen LogP contribution in [0.3, 0.4) is 0 Å². The van der Waals surface area contributed by atoms with Crippen molar-refractivity contribution in [3.63, 3.8) is 0 Å². The van der Waals surface area contributed by atoms with Gasteiger partial charge in [-0.25, -0.2) is 0 Å². The molecule has 0 aliphatic carbocycles. The average molecular weight is 90.1 g/mol. The highest BCUT2D eigenvalue weighted by Gasteiger charge is 1.65. The van der Waals surface area contributed by atoms with Gasteiger partial charge < -0.3 is 10.5 Å². The molecule has 0 heterocycles. The summed E-state index contributed by atoms with van der Waals surface area (Å²) in [5.74, 6) is 0. The van der Waals surface area contributed by atoms with Gasteiger partial charge in [-0.05, 0) is 0 Å². The Morgan fingerprint density at radius 2 is 2.17 bits per heavy atom. The van der Waals surface area contributed by atoms with E-state index < -0.39 is 0 Å². The van der Waals surface area contributed by atoms with Crippen LogP contribution in [0.15, 0.2) is 0 Å². The molecular formula is C4H12NO. The molecule has 0 aromatic carbocycles. The fourth-order valence-corrected chi connectivity index (χ4v) is 0.118. The van der Waals surface area contributed by atoms with Crippen LogP contribution in [0.5, 0.6) is 0 Å². The van der Waals surface area contributed by atoms with Crippen LogP contribution in [0, 0.1) is 7.43 Å². The molecule has 0 saturated heterocycles. The fourth-order valence-electron chi connectivity index (χ4n) is 0.118. The lowest BCUT2D eigenvalue weighted by Gasteiger charge is -1.85. The van der Waals surface area contributed by atoms with Crippen molar-refractivity contribution in [1.29, 1.82) is 0 Å². The summed E-state index contributed by atoms with van der Waals surface area (Å²) in [6.45, 7) is 1.29. The Hall–Kier alpha value is -0.0800. The van der Waals surface area contributed by atoms with Crippen LogP contribution < -0.4 is 5.73 Å². The molecule has 2 N–H and O–H groups in total. The van der Waals surface area contributed by atoms with Crippen molar-refractivity contribution in [3.8, 4) is 0 Å². The number of nitrogens with two attached hydrogens (primary N) is 1. The van der Waals surface area contributed by atoms with Gasteiger partial charge in [-0.15, -0.1) is 0 Å². The first-order valence-corrected chi connectivity index (χ1v) is 1.61. The van der Waals surface area contributed by atoms with E-state index >= 15 is 0 Å². The first-order chi connectivity index (χ1) is 2.41. The second kappa shape index (κ2) is 8.87. The summed E-state index contributed by atoms with van der Waals surface area (Å²) in [7, 11) is 1.63. The molecule has 2 nitrogen and oxygen atoms in total. The first kappa shape index (κ1) is 9.33. The van der Waals surface area contributed by atoms with Gasteiger partial charge in [0.25, 0.3) is 0 Å². The molecule has 0 fully saturated rings. The van der Waals surface area contributed by atoms with E-state index in [0.717, 1.165) is 0 Å². The van der Waals surface area contributed by atoms with E-state index in [9.17, 15) is 0 Å². The first-order valence-electron chi connectivity index (χ1n) is 1.61. The minimum absolute atomic E-state index is 0. The normalized spacial score (nSPS) is 7.00. The molecule has 0 spiro atoms. The van der Waals surface area contributed by atoms with E-state index in [1.165, 1.54) is 0 Å². The van der Waals surface area contributed by atoms with Gasteiger partial charge in [0.05, 0.1) is 6.61 Å². The maximum Gasteiger partial charge on any atom is 0.0584 e. The van der Waals surface area contributed by atoms with Gasteiger partial charge in [0.15, 0.2) is 0 Å². The standard InChI is InChI=1S/C3H9NO.CH3/c1-5-3-2-4;/h2-4H2,1H3;1H3. The third kappa shape index (κ3) is 9.07. The average Bonchev–Trinajstić information content (AvgIpc) is 1.41. The zero-order valence-corrected chi connectivity index (χ0v) is 4.40. The number of methoxy groups -OCH3 is 1. The van der Waals surface area contributed by atoms with Gasteiger partial charge in [0.2, 0.25) is 0 Å². The molecule has 0 saturated carbocycles. The number of hydrogen-bond donors (Lipinski definition) is 1. The summed E-state index contributed by atoms with van der Waals surface area (Å²) in [6, 6.07) is 0. The zero-order chi connectivity index (χ0) is 4.12. The van der Waals surface area contributed by atoms with Crippen LogP contribution in [0.1, 0.15) is 0 Å². The largest absolute Gasteiger partial charge is 0.383 e. The Morgan fingerprint density at radius 3 is 2.17 bits per heavy atom. The van der Waals surface area contributed by atoms with Gasteiger partial charge in [0, 0.05) is 13.7 Å². The summed E-state index contributed by atoms with van der Waals surface area (Å²) in [5.41, 5.74) is 5.01. The Labute approximate surface area is 39.3 Å². The number of ether oxygens (including phenoxy) is 1. The van der Waals surface area contributed by atoms with E-state index in [2.05, 4.69) is 4.74 Å². The number of rotatable bonds is 2. The monoisotopic (exact) mass is 90.1 g/mol. The lowest BCUT2D eigenvalue weighted by Crippen LogP contribution is -2.05. The molecular weight excluding hydrogens is 78.0 g/mol. The minimum atomic E-state index is 0. The van der Waals surface area contributed by atoms with Crippen molar-refractivity contribution in [2.75, 3.05) is 20.3 Å². The molecule has 0 bridgehead atoms. The van der Waals surface area contributed by atoms with Gasteiger partial charge in [-0.3, -0.25) is 0 Å². The molecule has 0 aromatic rings. The van der Waals surface area contributed by atoms with Crippen LogP contribution in [0.25, 0.3) is 0 Å². The van der Waals surface area contributed by atoms with Crippen molar-refractivity contribution in [1.82, 2.24) is 0 Å². The van der Waals surface area contributed by atoms with Crippen molar-refractivity contribution in [2.24, 2.45) is 5.73 Å². The second-order valence-corrected chi connectivity index (χ2v) is 0.781. The van der Waals surface area contributed by atoms with E-state index in [1.807, 2.05) is 0 Å². The summed E-state index contributed by atoms with van der Waals surface area (Å²) in [5, 5.41) is 0. The SMILES string of the molecule is COCCN.[CH3]. The summed E-state index contributed by atoms with van der Waals surface area (Å²) in [4.78, 5) is 0. The van der Waals surface area contributed by atoms with E-state index in [4.69, 9.17) is 5.73 Å². The van der Waals surface area contributed by atoms with Crippen molar-refractivity contribution < 1.29 is 4.74 Å². The third-order valence-corrected chi connectivity index (χ3v) is 0.322. The molecule has 0 aromatic heterocycles. The second-order valence-electron chi connectivity index (χ2n) is 0.781. The minimum Gasteiger partial charge on any atom is -0.383 e. The van der Waals surface area contributed by atoms with Gasteiger partial charge in [-0.2, -0.15) is 0 Å². The highest BCUT2D eigenvalue weighted by atomic mass is 16.5. The Bertz CT molecular complexity index is 15.0. The summed E-state index contributed by atoms with van der Waals surface area (Å²) >= 11 is 0. The van der Waals surface area contributed by atoms with Crippen LogP contribution in [-0.2, 0) is 4.74 Å². The molecule has 39 valence electrons. The predicted octanol–water partition coefficient (Wildman–Crippen LogP) is 0.0418. The lowest BCUT2D eigenvalue weighted by atomic mass is 10.7. The highest BCUT2D eigenvalue weighted by molar-refractivity contribution is 4.22. The van der Waals surface area contributed by atoms with E-state index in [0.29, 0.717) is 13.2 Å². The van der Waals surface area contributed by atoms with Crippen molar-refractivity contribution in [3.05, 3.63) is 7.43 Å². The molecule has 0 atom stereocenters. The Morgan fingerprint density at radius 1 is 1.67 bits per heavy atom. The molecule has 0 amide bonds. The summed E-state index contributed by atoms with van der Waals surface area (Å²) < 4.78 is 4.57. The van der Waals surface area contributed by atoms with Crippen LogP contribution in [-0.4, -0.2) is 20.3 Å². The Kier molecular flexibility index (Phi) is 13.8. The van der Waals surface area contributed by atoms with Crippen molar-refractivity contribution >= 4 is 0 Å². The van der Waals surface area contributed by atoms with Crippen molar-refractivity contribution in [2.45, 2.75) is 0 Å². The zero-order valence-electron chi connectivity index (χ0n) is 4.40. The topological polar surface area (TPSA) is 35.2 Å².